The normalized spacial score (nSPS) is 12.4. The van der Waals surface area contributed by atoms with Crippen molar-refractivity contribution in [2.24, 2.45) is 0 Å². The third kappa shape index (κ3) is 8.09. The van der Waals surface area contributed by atoms with Crippen LogP contribution in [0.3, 0.4) is 0 Å². The van der Waals surface area contributed by atoms with Gasteiger partial charge in [0.1, 0.15) is 24.7 Å². The molecule has 2 N–H and O–H groups in total. The first-order chi connectivity index (χ1) is 17.7. The first-order valence-corrected chi connectivity index (χ1v) is 11.8. The maximum atomic E-state index is 13.1. The predicted molar refractivity (Wildman–Crippen MR) is 128 cm³/mol. The van der Waals surface area contributed by atoms with Gasteiger partial charge in [-0.15, -0.1) is 0 Å². The average Bonchev–Trinajstić information content (AvgIpc) is 2.90. The Kier molecular flexibility index (Phi) is 11.8. The van der Waals surface area contributed by atoms with Crippen molar-refractivity contribution in [1.29, 1.82) is 0 Å². The molecule has 2 aromatic carbocycles. The molecule has 0 spiro atoms. The number of hydrogen-bond donors (Lipinski definition) is 2. The van der Waals surface area contributed by atoms with Gasteiger partial charge in [-0.1, -0.05) is 0 Å². The number of aliphatic hydroxyl groups is 2. The van der Waals surface area contributed by atoms with Crippen molar-refractivity contribution >= 4 is 11.6 Å². The predicted octanol–water partition coefficient (Wildman–Crippen LogP) is 1.27. The maximum Gasteiger partial charge on any atom is 0.194 e. The minimum absolute atomic E-state index is 0.0260. The van der Waals surface area contributed by atoms with Gasteiger partial charge in [-0.25, -0.2) is 0 Å². The summed E-state index contributed by atoms with van der Waals surface area (Å²) in [6.45, 7) is 3.26. The molecule has 0 unspecified atom stereocenters. The van der Waals surface area contributed by atoms with E-state index in [1.807, 2.05) is 0 Å². The number of aliphatic hydroxyl groups excluding tert-OH is 2. The average molecular weight is 505 g/mol. The lowest BCUT2D eigenvalue weighted by Gasteiger charge is -2.19. The second-order valence-corrected chi connectivity index (χ2v) is 7.67. The van der Waals surface area contributed by atoms with E-state index in [-0.39, 0.29) is 51.2 Å². The fourth-order valence-corrected chi connectivity index (χ4v) is 3.50. The summed E-state index contributed by atoms with van der Waals surface area (Å²) in [5.74, 6) is 0.445. The van der Waals surface area contributed by atoms with Crippen LogP contribution in [0.2, 0.25) is 0 Å². The van der Waals surface area contributed by atoms with E-state index >= 15 is 0 Å². The van der Waals surface area contributed by atoms with Gasteiger partial charge in [-0.2, -0.15) is 0 Å². The second-order valence-electron chi connectivity index (χ2n) is 7.67. The molecule has 0 radical (unpaired) electrons. The van der Waals surface area contributed by atoms with Crippen LogP contribution in [0.25, 0.3) is 0 Å². The van der Waals surface area contributed by atoms with Crippen LogP contribution in [0.4, 0.5) is 0 Å². The van der Waals surface area contributed by atoms with Crippen molar-refractivity contribution in [2.45, 2.75) is 0 Å². The fraction of sp³-hybridized carbons (Fsp3) is 0.462. The van der Waals surface area contributed by atoms with E-state index in [1.165, 1.54) is 0 Å². The first kappa shape index (κ1) is 27.7. The second kappa shape index (κ2) is 15.3. The Morgan fingerprint density at radius 1 is 0.472 bits per heavy atom. The van der Waals surface area contributed by atoms with Crippen molar-refractivity contribution in [3.8, 4) is 11.5 Å². The van der Waals surface area contributed by atoms with E-state index in [0.29, 0.717) is 73.4 Å². The summed E-state index contributed by atoms with van der Waals surface area (Å²) in [6.07, 6.45) is 0. The lowest BCUT2D eigenvalue weighted by atomic mass is 9.84. The van der Waals surface area contributed by atoms with E-state index in [9.17, 15) is 9.59 Å². The quantitative estimate of drug-likeness (QED) is 0.244. The fourth-order valence-electron chi connectivity index (χ4n) is 3.50. The molecule has 36 heavy (non-hydrogen) atoms. The van der Waals surface area contributed by atoms with Crippen LogP contribution >= 0.6 is 0 Å². The van der Waals surface area contributed by atoms with Gasteiger partial charge in [0.05, 0.1) is 66.1 Å². The van der Waals surface area contributed by atoms with Crippen LogP contribution in [-0.4, -0.2) is 101 Å². The van der Waals surface area contributed by atoms with Crippen LogP contribution in [0.15, 0.2) is 36.4 Å². The number of rotatable bonds is 18. The molecule has 196 valence electrons. The van der Waals surface area contributed by atoms with Crippen molar-refractivity contribution in [3.05, 3.63) is 58.7 Å². The van der Waals surface area contributed by atoms with Gasteiger partial charge in [-0.3, -0.25) is 9.59 Å². The highest BCUT2D eigenvalue weighted by molar-refractivity contribution is 6.28. The highest BCUT2D eigenvalue weighted by Crippen LogP contribution is 2.32. The third-order valence-electron chi connectivity index (χ3n) is 5.17. The number of hydrogen-bond acceptors (Lipinski definition) is 10. The lowest BCUT2D eigenvalue weighted by Crippen LogP contribution is -2.21. The van der Waals surface area contributed by atoms with Crippen LogP contribution in [0, 0.1) is 0 Å². The molecule has 0 saturated heterocycles. The summed E-state index contributed by atoms with van der Waals surface area (Å²) in [6, 6.07) is 9.65. The number of carbonyl (C=O) groups excluding carboxylic acids is 2. The van der Waals surface area contributed by atoms with Gasteiger partial charge in [0.15, 0.2) is 11.6 Å². The van der Waals surface area contributed by atoms with Gasteiger partial charge in [0, 0.05) is 22.3 Å². The van der Waals surface area contributed by atoms with Gasteiger partial charge < -0.3 is 38.6 Å². The topological polar surface area (TPSA) is 130 Å². The molecule has 10 nitrogen and oxygen atoms in total. The number of carbonyl (C=O) groups is 2. The van der Waals surface area contributed by atoms with Gasteiger partial charge >= 0.3 is 0 Å². The van der Waals surface area contributed by atoms with Gasteiger partial charge in [0.2, 0.25) is 0 Å². The molecule has 0 aromatic heterocycles. The highest BCUT2D eigenvalue weighted by Gasteiger charge is 2.30. The minimum Gasteiger partial charge on any atom is -0.491 e. The number of ether oxygens (including phenoxy) is 6. The van der Waals surface area contributed by atoms with Crippen molar-refractivity contribution < 1.29 is 48.2 Å². The first-order valence-electron chi connectivity index (χ1n) is 11.8. The van der Waals surface area contributed by atoms with Crippen LogP contribution in [0.1, 0.15) is 31.8 Å². The number of benzene rings is 2. The number of fused-ring (bicyclic) bond motifs is 2. The Balaban J connectivity index is 1.49. The zero-order valence-electron chi connectivity index (χ0n) is 20.1. The summed E-state index contributed by atoms with van der Waals surface area (Å²) in [5.41, 5.74) is 1.24. The molecule has 1 aliphatic rings. The molecule has 2 aromatic rings. The minimum atomic E-state index is -0.250. The van der Waals surface area contributed by atoms with E-state index in [0.717, 1.165) is 0 Å². The smallest absolute Gasteiger partial charge is 0.194 e. The summed E-state index contributed by atoms with van der Waals surface area (Å²) in [7, 11) is 0. The van der Waals surface area contributed by atoms with Crippen molar-refractivity contribution in [2.75, 3.05) is 79.3 Å². The molecule has 0 aliphatic heterocycles. The molecule has 10 heteroatoms. The maximum absolute atomic E-state index is 13.1. The Hall–Kier alpha value is -2.86. The monoisotopic (exact) mass is 504 g/mol. The summed E-state index contributed by atoms with van der Waals surface area (Å²) in [4.78, 5) is 26.1. The molecule has 0 amide bonds. The molecular formula is C26H32O10. The van der Waals surface area contributed by atoms with E-state index in [2.05, 4.69) is 0 Å². The lowest BCUT2D eigenvalue weighted by molar-refractivity contribution is 0.0247. The Morgan fingerprint density at radius 3 is 1.22 bits per heavy atom. The van der Waals surface area contributed by atoms with Gasteiger partial charge in [-0.05, 0) is 36.4 Å². The van der Waals surface area contributed by atoms with Crippen LogP contribution < -0.4 is 9.47 Å². The van der Waals surface area contributed by atoms with Crippen molar-refractivity contribution in [1.82, 2.24) is 0 Å². The van der Waals surface area contributed by atoms with Crippen LogP contribution in [0.5, 0.6) is 11.5 Å². The van der Waals surface area contributed by atoms with E-state index in [4.69, 9.17) is 38.6 Å². The Morgan fingerprint density at radius 2 is 0.833 bits per heavy atom. The van der Waals surface area contributed by atoms with Crippen LogP contribution in [-0.2, 0) is 18.9 Å². The zero-order chi connectivity index (χ0) is 25.6. The Labute approximate surface area is 209 Å². The number of ketones is 2. The molecule has 0 saturated carbocycles. The molecule has 3 rings (SSSR count). The van der Waals surface area contributed by atoms with Gasteiger partial charge in [0.25, 0.3) is 0 Å². The summed E-state index contributed by atoms with van der Waals surface area (Å²) in [5, 5.41) is 17.3. The molecule has 0 fully saturated rings. The van der Waals surface area contributed by atoms with Crippen molar-refractivity contribution in [3.63, 3.8) is 0 Å². The third-order valence-corrected chi connectivity index (χ3v) is 5.17. The Bertz CT molecular complexity index is 911. The zero-order valence-corrected chi connectivity index (χ0v) is 20.1. The molecular weight excluding hydrogens is 472 g/mol. The highest BCUT2D eigenvalue weighted by atomic mass is 16.6. The molecule has 1 aliphatic carbocycles. The summed E-state index contributed by atoms with van der Waals surface area (Å²) >= 11 is 0. The standard InChI is InChI=1S/C26H32O10/c27-5-7-31-9-11-33-13-15-35-19-1-3-21-23(17-19)26(30)22-4-2-20(18-24(22)25(21)29)36-16-14-34-12-10-32-8-6-28/h1-4,17-18,27-28H,5-16H2. The largest absolute Gasteiger partial charge is 0.491 e. The van der Waals surface area contributed by atoms with E-state index in [1.54, 1.807) is 36.4 Å². The SMILES string of the molecule is O=C1c2ccc(OCCOCCOCCO)cc2C(=O)c2ccc(OCCOCCOCCO)cc21. The van der Waals surface area contributed by atoms with E-state index < -0.39 is 0 Å². The molecule has 0 bridgehead atoms. The molecule has 0 heterocycles. The molecule has 0 atom stereocenters. The summed E-state index contributed by atoms with van der Waals surface area (Å²) < 4.78 is 32.3.